The topological polar surface area (TPSA) is 92.0 Å². The summed E-state index contributed by atoms with van der Waals surface area (Å²) in [4.78, 5) is 16.8. The number of imidazole rings is 1. The van der Waals surface area contributed by atoms with E-state index in [4.69, 9.17) is 10.8 Å². The van der Waals surface area contributed by atoms with Gasteiger partial charge < -0.3 is 15.8 Å². The number of hydrogen-bond acceptors (Lipinski definition) is 3. The zero-order chi connectivity index (χ0) is 8.27. The molecule has 0 aromatic carbocycles. The van der Waals surface area contributed by atoms with Crippen LogP contribution in [-0.2, 0) is 11.2 Å². The number of carboxylic acids is 1. The molecule has 0 aliphatic carbocycles. The van der Waals surface area contributed by atoms with Gasteiger partial charge in [0.1, 0.15) is 6.04 Å². The molecule has 0 saturated carbocycles. The summed E-state index contributed by atoms with van der Waals surface area (Å²) >= 11 is 0. The predicted molar refractivity (Wildman–Crippen MR) is 37.9 cm³/mol. The number of aromatic amines is 1. The van der Waals surface area contributed by atoms with Crippen LogP contribution in [0, 0.1) is 71.9 Å². The number of rotatable bonds is 3. The van der Waals surface area contributed by atoms with Gasteiger partial charge in [-0.3, -0.25) is 4.79 Å². The number of aliphatic carboxylic acids is 1. The molecule has 0 spiro atoms. The van der Waals surface area contributed by atoms with Crippen LogP contribution in [0.5, 0.6) is 0 Å². The molecule has 4 N–H and O–H groups in total. The average Bonchev–Trinajstić information content (AvgIpc) is 2.39. The second-order valence-electron chi connectivity index (χ2n) is 2.23. The molecule has 0 fully saturated rings. The van der Waals surface area contributed by atoms with Gasteiger partial charge in [0.05, 0.1) is 6.33 Å². The van der Waals surface area contributed by atoms with Gasteiger partial charge in [-0.2, -0.15) is 0 Å². The van der Waals surface area contributed by atoms with Crippen LogP contribution in [0.2, 0.25) is 0 Å². The molecule has 0 bridgehead atoms. The fourth-order valence-electron chi connectivity index (χ4n) is 0.721. The van der Waals surface area contributed by atoms with Crippen LogP contribution in [0.25, 0.3) is 0 Å². The summed E-state index contributed by atoms with van der Waals surface area (Å²) in [6.45, 7) is 0. The van der Waals surface area contributed by atoms with Crippen LogP contribution in [0.1, 0.15) is 5.69 Å². The average molecular weight is 377 g/mol. The quantitative estimate of drug-likeness (QED) is 0.654. The van der Waals surface area contributed by atoms with Gasteiger partial charge in [-0.1, -0.05) is 0 Å². The fourth-order valence-corrected chi connectivity index (χ4v) is 0.721. The number of aromatic nitrogens is 2. The Hall–Kier alpha value is 0.757. The maximum Gasteiger partial charge on any atom is 0.320 e. The van der Waals surface area contributed by atoms with Gasteiger partial charge >= 0.3 is 5.97 Å². The third-order valence-electron chi connectivity index (χ3n) is 1.31. The molecule has 1 heterocycles. The van der Waals surface area contributed by atoms with Crippen molar-refractivity contribution in [2.75, 3.05) is 0 Å². The van der Waals surface area contributed by atoms with Crippen molar-refractivity contribution in [3.63, 3.8) is 0 Å². The molecule has 0 saturated heterocycles. The van der Waals surface area contributed by atoms with Gasteiger partial charge in [-0.05, 0) is 0 Å². The standard InChI is InChI=1S/C6H9N3O2.Rn/c7-5(6(10)11)1-4-2-8-3-9-4;/h2-3,5H,1,7H2,(H,8,9)(H,10,11);. The van der Waals surface area contributed by atoms with Crippen LogP contribution in [0.15, 0.2) is 12.5 Å². The molecule has 1 aromatic rings. The van der Waals surface area contributed by atoms with E-state index in [1.54, 1.807) is 6.20 Å². The Labute approximate surface area is 131 Å². The normalized spacial score (nSPS) is 11.8. The number of nitrogens with two attached hydrogens (primary N) is 1. The SMILES string of the molecule is NC(Cc1cnc[nH]1)C(=O)O.[Rn]. The maximum atomic E-state index is 10.3. The van der Waals surface area contributed by atoms with E-state index in [1.165, 1.54) is 6.33 Å². The van der Waals surface area contributed by atoms with Gasteiger partial charge in [-0.25, -0.2) is 4.98 Å². The first kappa shape index (κ1) is 12.8. The van der Waals surface area contributed by atoms with Crippen molar-refractivity contribution in [3.8, 4) is 0 Å². The van der Waals surface area contributed by atoms with E-state index in [-0.39, 0.29) is 78.3 Å². The van der Waals surface area contributed by atoms with Crippen LogP contribution >= 0.6 is 0 Å². The Balaban J connectivity index is 0.00000121. The Morgan fingerprint density at radius 3 is 2.92 bits per heavy atom. The van der Waals surface area contributed by atoms with Gasteiger partial charge in [0.25, 0.3) is 0 Å². The van der Waals surface area contributed by atoms with Crippen molar-refractivity contribution in [2.45, 2.75) is 12.5 Å². The Morgan fingerprint density at radius 2 is 2.50 bits per heavy atom. The van der Waals surface area contributed by atoms with Crippen molar-refractivity contribution < 1.29 is 81.8 Å². The third-order valence-corrected chi connectivity index (χ3v) is 1.31. The minimum Gasteiger partial charge on any atom is -0.480 e. The van der Waals surface area contributed by atoms with Crippen molar-refractivity contribution in [1.82, 2.24) is 9.97 Å². The molecular formula is C6H9N3O2Rn. The molecule has 5 nitrogen and oxygen atoms in total. The van der Waals surface area contributed by atoms with E-state index in [2.05, 4.69) is 9.97 Å². The number of carbonyl (C=O) groups is 1. The second-order valence-corrected chi connectivity index (χ2v) is 2.23. The molecule has 0 radical (unpaired) electrons. The molecule has 0 aliphatic rings. The minimum absolute atomic E-state index is 0. The van der Waals surface area contributed by atoms with Crippen molar-refractivity contribution in [2.24, 2.45) is 5.73 Å². The monoisotopic (exact) mass is 377 g/mol. The zero-order valence-electron chi connectivity index (χ0n) is 6.17. The summed E-state index contributed by atoms with van der Waals surface area (Å²) in [5.74, 6) is -1.00. The van der Waals surface area contributed by atoms with Crippen LogP contribution in [-0.4, -0.2) is 27.1 Å². The van der Waals surface area contributed by atoms with E-state index >= 15 is 0 Å². The van der Waals surface area contributed by atoms with E-state index in [0.29, 0.717) is 0 Å². The number of carboxylic acid groups (broad SMARTS) is 1. The summed E-state index contributed by atoms with van der Waals surface area (Å²) in [5.41, 5.74) is 6.00. The number of nitrogens with zero attached hydrogens (tertiary/aromatic N) is 1. The Kier molecular flexibility index (Phi) is 6.64. The first-order chi connectivity index (χ1) is 5.20. The molecule has 1 atom stereocenters. The Morgan fingerprint density at radius 1 is 1.83 bits per heavy atom. The van der Waals surface area contributed by atoms with Crippen molar-refractivity contribution in [1.29, 1.82) is 0 Å². The summed E-state index contributed by atoms with van der Waals surface area (Å²) in [7, 11) is 0. The van der Waals surface area contributed by atoms with E-state index in [0.717, 1.165) is 5.69 Å². The van der Waals surface area contributed by atoms with Crippen LogP contribution in [0.3, 0.4) is 0 Å². The fraction of sp³-hybridized carbons (Fsp3) is 0.333. The third kappa shape index (κ3) is 4.12. The van der Waals surface area contributed by atoms with E-state index in [9.17, 15) is 4.79 Å². The van der Waals surface area contributed by atoms with E-state index < -0.39 is 12.0 Å². The predicted octanol–water partition coefficient (Wildman–Crippen LogP) is -0.636. The largest absolute Gasteiger partial charge is 0.480 e. The summed E-state index contributed by atoms with van der Waals surface area (Å²) in [5, 5.41) is 8.42. The molecule has 6 heteroatoms. The second kappa shape index (κ2) is 6.25. The zero-order valence-corrected chi connectivity index (χ0v) is 8.92. The number of nitrogens with one attached hydrogen (secondary N) is 1. The molecule has 12 heavy (non-hydrogen) atoms. The molecule has 0 aliphatic heterocycles. The van der Waals surface area contributed by atoms with Gasteiger partial charge in [0.15, 0.2) is 0 Å². The summed E-state index contributed by atoms with van der Waals surface area (Å²) < 4.78 is 0. The molecule has 1 rings (SSSR count). The molecule has 1 unspecified atom stereocenters. The smallest absolute Gasteiger partial charge is 0.320 e. The Bertz CT molecular complexity index is 237. The van der Waals surface area contributed by atoms with Gasteiger partial charge in [0.2, 0.25) is 0 Å². The number of hydrogen-bond donors (Lipinski definition) is 3. The molecule has 0 amide bonds. The van der Waals surface area contributed by atoms with Crippen LogP contribution < -0.4 is 5.73 Å². The van der Waals surface area contributed by atoms with E-state index in [1.807, 2.05) is 0 Å². The molecule has 68 valence electrons. The minimum atomic E-state index is -1.00. The van der Waals surface area contributed by atoms with Crippen molar-refractivity contribution >= 4 is 5.97 Å². The summed E-state index contributed by atoms with van der Waals surface area (Å²) in [6, 6.07) is -0.851. The molecule has 1 aromatic heterocycles. The first-order valence-corrected chi connectivity index (χ1v) is 3.16. The van der Waals surface area contributed by atoms with Gasteiger partial charge in [-0.15, -0.1) is 0 Å². The summed E-state index contributed by atoms with van der Waals surface area (Å²) in [6.07, 6.45) is 3.34. The number of H-pyrrole nitrogens is 1. The van der Waals surface area contributed by atoms with Crippen LogP contribution in [0.4, 0.5) is 0 Å². The molecular weight excluding hydrogens is 368 g/mol. The van der Waals surface area contributed by atoms with Crippen molar-refractivity contribution in [3.05, 3.63) is 18.2 Å². The first-order valence-electron chi connectivity index (χ1n) is 3.16. The maximum absolute atomic E-state index is 10.3. The van der Waals surface area contributed by atoms with Gasteiger partial charge in [0, 0.05) is 90.2 Å².